The van der Waals surface area contributed by atoms with E-state index in [4.69, 9.17) is 0 Å². The predicted octanol–water partition coefficient (Wildman–Crippen LogP) is 3.36. The maximum Gasteiger partial charge on any atom is 0.263 e. The summed E-state index contributed by atoms with van der Waals surface area (Å²) >= 11 is 1.47. The van der Waals surface area contributed by atoms with Crippen LogP contribution in [0.4, 0.5) is 0 Å². The van der Waals surface area contributed by atoms with Crippen molar-refractivity contribution in [1.82, 2.24) is 9.80 Å². The number of amides is 2. The van der Waals surface area contributed by atoms with Gasteiger partial charge in [0.05, 0.1) is 4.88 Å². The van der Waals surface area contributed by atoms with Crippen molar-refractivity contribution in [3.63, 3.8) is 0 Å². The van der Waals surface area contributed by atoms with Gasteiger partial charge in [-0.05, 0) is 42.3 Å². The van der Waals surface area contributed by atoms with E-state index in [1.54, 1.807) is 0 Å². The predicted molar refractivity (Wildman–Crippen MR) is 101 cm³/mol. The topological polar surface area (TPSA) is 40.6 Å². The minimum absolute atomic E-state index is 0.0872. The van der Waals surface area contributed by atoms with Gasteiger partial charge in [-0.25, -0.2) is 0 Å². The van der Waals surface area contributed by atoms with Gasteiger partial charge in [0.1, 0.15) is 0 Å². The molecule has 132 valence electrons. The first-order chi connectivity index (χ1) is 12.1. The zero-order valence-electron chi connectivity index (χ0n) is 14.6. The number of hydrogen-bond donors (Lipinski definition) is 0. The summed E-state index contributed by atoms with van der Waals surface area (Å²) in [6.07, 6.45) is 2.15. The molecule has 1 fully saturated rings. The van der Waals surface area contributed by atoms with E-state index in [0.717, 1.165) is 30.8 Å². The van der Waals surface area contributed by atoms with E-state index in [0.29, 0.717) is 19.5 Å². The SMILES string of the molecule is Cc1ccccc1CCC(=O)N1CCCN(C(=O)c2cccs2)CC1. The van der Waals surface area contributed by atoms with Crippen molar-refractivity contribution in [2.24, 2.45) is 0 Å². The molecule has 0 atom stereocenters. The molecule has 2 amide bonds. The summed E-state index contributed by atoms with van der Waals surface area (Å²) in [4.78, 5) is 29.6. The molecular weight excluding hydrogens is 332 g/mol. The molecule has 25 heavy (non-hydrogen) atoms. The van der Waals surface area contributed by atoms with E-state index >= 15 is 0 Å². The summed E-state index contributed by atoms with van der Waals surface area (Å²) in [6, 6.07) is 12.0. The highest BCUT2D eigenvalue weighted by atomic mass is 32.1. The first-order valence-corrected chi connectivity index (χ1v) is 9.68. The van der Waals surface area contributed by atoms with Crippen LogP contribution in [-0.4, -0.2) is 47.8 Å². The lowest BCUT2D eigenvalue weighted by Crippen LogP contribution is -2.37. The number of rotatable bonds is 4. The van der Waals surface area contributed by atoms with Crippen LogP contribution in [0.1, 0.15) is 33.6 Å². The Balaban J connectivity index is 1.53. The molecule has 1 aromatic heterocycles. The molecule has 1 saturated heterocycles. The van der Waals surface area contributed by atoms with Crippen LogP contribution in [0.3, 0.4) is 0 Å². The third kappa shape index (κ3) is 4.48. The number of carbonyl (C=O) groups excluding carboxylic acids is 2. The van der Waals surface area contributed by atoms with Gasteiger partial charge in [-0.1, -0.05) is 30.3 Å². The second-order valence-corrected chi connectivity index (χ2v) is 7.38. The van der Waals surface area contributed by atoms with E-state index in [1.165, 1.54) is 22.5 Å². The van der Waals surface area contributed by atoms with E-state index in [2.05, 4.69) is 19.1 Å². The molecule has 1 aliphatic rings. The van der Waals surface area contributed by atoms with Crippen LogP contribution in [0.25, 0.3) is 0 Å². The largest absolute Gasteiger partial charge is 0.341 e. The van der Waals surface area contributed by atoms with Crippen LogP contribution in [0.5, 0.6) is 0 Å². The van der Waals surface area contributed by atoms with Gasteiger partial charge < -0.3 is 9.80 Å². The molecular formula is C20H24N2O2S. The molecule has 3 rings (SSSR count). The van der Waals surface area contributed by atoms with Crippen LogP contribution in [-0.2, 0) is 11.2 Å². The zero-order valence-corrected chi connectivity index (χ0v) is 15.4. The van der Waals surface area contributed by atoms with E-state index < -0.39 is 0 Å². The van der Waals surface area contributed by atoms with Gasteiger partial charge in [0.15, 0.2) is 0 Å². The van der Waals surface area contributed by atoms with Crippen molar-refractivity contribution < 1.29 is 9.59 Å². The molecule has 1 aromatic carbocycles. The molecule has 0 aliphatic carbocycles. The molecule has 0 saturated carbocycles. The van der Waals surface area contributed by atoms with E-state index in [9.17, 15) is 9.59 Å². The van der Waals surface area contributed by atoms with Gasteiger partial charge in [-0.15, -0.1) is 11.3 Å². The molecule has 0 spiro atoms. The van der Waals surface area contributed by atoms with Crippen molar-refractivity contribution >= 4 is 23.2 Å². The van der Waals surface area contributed by atoms with Crippen molar-refractivity contribution in [2.45, 2.75) is 26.2 Å². The second kappa shape index (κ2) is 8.30. The molecule has 0 bridgehead atoms. The lowest BCUT2D eigenvalue weighted by atomic mass is 10.0. The van der Waals surface area contributed by atoms with Crippen molar-refractivity contribution in [3.05, 3.63) is 57.8 Å². The molecule has 2 aromatic rings. The standard InChI is InChI=1S/C20H24N2O2S/c1-16-6-2-3-7-17(16)9-10-19(23)21-11-5-12-22(14-13-21)20(24)18-8-4-15-25-18/h2-4,6-8,15H,5,9-14H2,1H3. The average Bonchev–Trinajstić information content (AvgIpc) is 3.04. The van der Waals surface area contributed by atoms with Gasteiger partial charge in [0, 0.05) is 32.6 Å². The lowest BCUT2D eigenvalue weighted by Gasteiger charge is -2.22. The van der Waals surface area contributed by atoms with Gasteiger partial charge in [0.2, 0.25) is 5.91 Å². The highest BCUT2D eigenvalue weighted by molar-refractivity contribution is 7.12. The monoisotopic (exact) mass is 356 g/mol. The molecule has 4 nitrogen and oxygen atoms in total. The number of hydrogen-bond acceptors (Lipinski definition) is 3. The summed E-state index contributed by atoms with van der Waals surface area (Å²) in [7, 11) is 0. The zero-order chi connectivity index (χ0) is 17.6. The smallest absolute Gasteiger partial charge is 0.263 e. The molecule has 2 heterocycles. The fraction of sp³-hybridized carbons (Fsp3) is 0.400. The van der Waals surface area contributed by atoms with Gasteiger partial charge in [0.25, 0.3) is 5.91 Å². The molecule has 0 unspecified atom stereocenters. The second-order valence-electron chi connectivity index (χ2n) is 6.43. The first kappa shape index (κ1) is 17.7. The van der Waals surface area contributed by atoms with Crippen LogP contribution in [0, 0.1) is 6.92 Å². The molecule has 5 heteroatoms. The number of nitrogens with zero attached hydrogens (tertiary/aromatic N) is 2. The quantitative estimate of drug-likeness (QED) is 0.843. The van der Waals surface area contributed by atoms with Crippen LogP contribution in [0.15, 0.2) is 41.8 Å². The van der Waals surface area contributed by atoms with E-state index in [1.807, 2.05) is 39.4 Å². The highest BCUT2D eigenvalue weighted by Crippen LogP contribution is 2.15. The highest BCUT2D eigenvalue weighted by Gasteiger charge is 2.23. The lowest BCUT2D eigenvalue weighted by molar-refractivity contribution is -0.131. The Morgan fingerprint density at radius 3 is 2.52 bits per heavy atom. The van der Waals surface area contributed by atoms with Gasteiger partial charge >= 0.3 is 0 Å². The Kier molecular flexibility index (Phi) is 5.87. The fourth-order valence-corrected chi connectivity index (χ4v) is 3.91. The van der Waals surface area contributed by atoms with E-state index in [-0.39, 0.29) is 11.8 Å². The third-order valence-electron chi connectivity index (χ3n) is 4.74. The summed E-state index contributed by atoms with van der Waals surface area (Å²) in [6.45, 7) is 4.79. The minimum atomic E-state index is 0.0872. The van der Waals surface area contributed by atoms with Gasteiger partial charge in [-0.3, -0.25) is 9.59 Å². The Bertz CT molecular complexity index is 727. The summed E-state index contributed by atoms with van der Waals surface area (Å²) in [5, 5.41) is 1.92. The third-order valence-corrected chi connectivity index (χ3v) is 5.60. The molecule has 1 aliphatic heterocycles. The van der Waals surface area contributed by atoms with Gasteiger partial charge in [-0.2, -0.15) is 0 Å². The fourth-order valence-electron chi connectivity index (χ4n) is 3.22. The normalized spacial score (nSPS) is 15.1. The van der Waals surface area contributed by atoms with Crippen LogP contribution >= 0.6 is 11.3 Å². The number of carbonyl (C=O) groups is 2. The van der Waals surface area contributed by atoms with Crippen molar-refractivity contribution in [2.75, 3.05) is 26.2 Å². The molecule has 0 radical (unpaired) electrons. The molecule has 0 N–H and O–H groups in total. The van der Waals surface area contributed by atoms with Crippen LogP contribution in [0.2, 0.25) is 0 Å². The maximum atomic E-state index is 12.6. The van der Waals surface area contributed by atoms with Crippen molar-refractivity contribution in [3.8, 4) is 0 Å². The Labute approximate surface area is 153 Å². The number of benzene rings is 1. The van der Waals surface area contributed by atoms with Crippen LogP contribution < -0.4 is 0 Å². The number of thiophene rings is 1. The summed E-state index contributed by atoms with van der Waals surface area (Å²) in [5.41, 5.74) is 2.47. The first-order valence-electron chi connectivity index (χ1n) is 8.80. The van der Waals surface area contributed by atoms with Crippen molar-refractivity contribution in [1.29, 1.82) is 0 Å². The Morgan fingerprint density at radius 1 is 1.00 bits per heavy atom. The minimum Gasteiger partial charge on any atom is -0.341 e. The summed E-state index contributed by atoms with van der Waals surface area (Å²) < 4.78 is 0. The average molecular weight is 356 g/mol. The Morgan fingerprint density at radius 2 is 1.76 bits per heavy atom. The Hall–Kier alpha value is -2.14. The number of aryl methyl sites for hydroxylation is 2. The maximum absolute atomic E-state index is 12.6. The summed E-state index contributed by atoms with van der Waals surface area (Å²) in [5.74, 6) is 0.276.